The van der Waals surface area contributed by atoms with Gasteiger partial charge in [-0.05, 0) is 67.6 Å². The van der Waals surface area contributed by atoms with E-state index in [4.69, 9.17) is 16.3 Å². The second-order valence-corrected chi connectivity index (χ2v) is 11.0. The highest BCUT2D eigenvalue weighted by molar-refractivity contribution is 6.29. The molecule has 4 heterocycles. The van der Waals surface area contributed by atoms with Crippen LogP contribution in [0.25, 0.3) is 10.9 Å². The third-order valence-electron chi connectivity index (χ3n) is 7.94. The smallest absolute Gasteiger partial charge is 0.261 e. The molecule has 1 aromatic carbocycles. The molecule has 1 saturated carbocycles. The summed E-state index contributed by atoms with van der Waals surface area (Å²) in [5, 5.41) is 10.8. The average Bonchev–Trinajstić information content (AvgIpc) is 3.71. The van der Waals surface area contributed by atoms with E-state index < -0.39 is 11.9 Å². The molecule has 2 fully saturated rings. The minimum Gasteiger partial charge on any atom is -0.480 e. The number of rotatable bonds is 8. The Balaban J connectivity index is 1.25. The Morgan fingerprint density at radius 2 is 1.91 bits per heavy atom. The number of carbonyl (C=O) groups is 4. The molecule has 1 saturated heterocycles. The summed E-state index contributed by atoms with van der Waals surface area (Å²) in [4.78, 5) is 62.4. The van der Waals surface area contributed by atoms with Crippen LogP contribution in [0.1, 0.15) is 47.0 Å². The molecular weight excluding hydrogens is 574 g/mol. The summed E-state index contributed by atoms with van der Waals surface area (Å²) in [5.41, 5.74) is 1.40. The number of ether oxygens (including phenoxy) is 1. The summed E-state index contributed by atoms with van der Waals surface area (Å²) in [6, 6.07) is 12.5. The van der Waals surface area contributed by atoms with Gasteiger partial charge in [-0.1, -0.05) is 17.7 Å². The summed E-state index contributed by atoms with van der Waals surface area (Å²) in [5.74, 6) is -0.759. The fourth-order valence-corrected chi connectivity index (χ4v) is 6.30. The van der Waals surface area contributed by atoms with Crippen LogP contribution in [0.15, 0.2) is 54.7 Å². The van der Waals surface area contributed by atoms with Crippen molar-refractivity contribution in [2.24, 2.45) is 5.92 Å². The zero-order chi connectivity index (χ0) is 30.2. The highest BCUT2D eigenvalue weighted by Crippen LogP contribution is 2.43. The van der Waals surface area contributed by atoms with Gasteiger partial charge in [0.2, 0.25) is 17.7 Å². The van der Waals surface area contributed by atoms with Crippen molar-refractivity contribution < 1.29 is 23.9 Å². The molecule has 0 spiro atoms. The van der Waals surface area contributed by atoms with Crippen LogP contribution in [0, 0.1) is 5.92 Å². The van der Waals surface area contributed by atoms with E-state index in [9.17, 15) is 19.2 Å². The van der Waals surface area contributed by atoms with Gasteiger partial charge in [-0.15, -0.1) is 0 Å². The number of methoxy groups -OCH3 is 1. The van der Waals surface area contributed by atoms with E-state index in [1.54, 1.807) is 53.4 Å². The lowest BCUT2D eigenvalue weighted by Crippen LogP contribution is -2.52. The summed E-state index contributed by atoms with van der Waals surface area (Å²) >= 11 is 5.98. The molecule has 13 heteroatoms. The minimum absolute atomic E-state index is 0.0416. The van der Waals surface area contributed by atoms with Crippen molar-refractivity contribution >= 4 is 57.5 Å². The van der Waals surface area contributed by atoms with Gasteiger partial charge in [0.15, 0.2) is 5.78 Å². The number of benzene rings is 1. The molecule has 220 valence electrons. The van der Waals surface area contributed by atoms with Crippen LogP contribution in [0.4, 0.5) is 11.5 Å². The molecule has 4 aromatic rings. The van der Waals surface area contributed by atoms with E-state index in [1.165, 1.54) is 24.9 Å². The van der Waals surface area contributed by atoms with Crippen molar-refractivity contribution in [1.82, 2.24) is 24.6 Å². The summed E-state index contributed by atoms with van der Waals surface area (Å²) < 4.78 is 6.66. The summed E-state index contributed by atoms with van der Waals surface area (Å²) in [6.45, 7) is 1.23. The van der Waals surface area contributed by atoms with Crippen molar-refractivity contribution in [3.63, 3.8) is 0 Å². The number of amides is 3. The maximum absolute atomic E-state index is 13.8. The van der Waals surface area contributed by atoms with E-state index in [2.05, 4.69) is 25.7 Å². The van der Waals surface area contributed by atoms with Gasteiger partial charge in [-0.25, -0.2) is 9.97 Å². The molecule has 3 aromatic heterocycles. The lowest BCUT2D eigenvalue weighted by Gasteiger charge is -2.34. The Labute approximate surface area is 251 Å². The molecule has 2 N–H and O–H groups in total. The summed E-state index contributed by atoms with van der Waals surface area (Å²) in [7, 11) is 1.43. The number of halogens is 1. The van der Waals surface area contributed by atoms with Crippen molar-refractivity contribution in [3.8, 4) is 5.88 Å². The number of likely N-dealkylation sites (tertiary alicyclic amines) is 1. The highest BCUT2D eigenvalue weighted by atomic mass is 35.5. The number of aromatic nitrogens is 4. The third-order valence-corrected chi connectivity index (χ3v) is 8.15. The molecule has 12 nitrogen and oxygen atoms in total. The van der Waals surface area contributed by atoms with Gasteiger partial charge in [0, 0.05) is 30.2 Å². The molecule has 2 aliphatic rings. The number of pyridine rings is 2. The van der Waals surface area contributed by atoms with Gasteiger partial charge < -0.3 is 20.3 Å². The summed E-state index contributed by atoms with van der Waals surface area (Å²) in [6.07, 6.45) is 3.94. The van der Waals surface area contributed by atoms with Gasteiger partial charge in [0.25, 0.3) is 5.91 Å². The van der Waals surface area contributed by atoms with E-state index in [0.29, 0.717) is 22.4 Å². The molecule has 3 amide bonds. The van der Waals surface area contributed by atoms with Crippen molar-refractivity contribution in [2.45, 2.75) is 44.8 Å². The molecule has 2 bridgehead atoms. The lowest BCUT2D eigenvalue weighted by molar-refractivity contribution is -0.141. The normalized spacial score (nSPS) is 19.0. The number of hydrogen-bond acceptors (Lipinski definition) is 8. The van der Waals surface area contributed by atoms with Gasteiger partial charge in [-0.3, -0.25) is 23.9 Å². The van der Waals surface area contributed by atoms with Gasteiger partial charge in [0.1, 0.15) is 34.8 Å². The number of hydrogen-bond donors (Lipinski definition) is 2. The van der Waals surface area contributed by atoms with Crippen LogP contribution in [0.2, 0.25) is 5.15 Å². The second-order valence-electron chi connectivity index (χ2n) is 10.6. The largest absolute Gasteiger partial charge is 0.480 e. The number of ketones is 1. The molecule has 43 heavy (non-hydrogen) atoms. The SMILES string of the molecule is COc1ncccc1C(=O)Nc1ccc2c(c1)c(C(C)=O)nn2CC(=O)N1[C@@H]2CC[C@@H](C2)[C@H]1C(=O)Nc1cccc(Cl)n1. The first kappa shape index (κ1) is 28.3. The molecule has 1 aliphatic carbocycles. The highest BCUT2D eigenvalue weighted by Gasteiger charge is 2.51. The quantitative estimate of drug-likeness (QED) is 0.228. The van der Waals surface area contributed by atoms with Gasteiger partial charge in [-0.2, -0.15) is 5.10 Å². The molecule has 0 radical (unpaired) electrons. The second kappa shape index (κ2) is 11.4. The molecule has 1 aliphatic heterocycles. The Morgan fingerprint density at radius 3 is 2.67 bits per heavy atom. The first-order chi connectivity index (χ1) is 20.7. The Hall–Kier alpha value is -4.84. The van der Waals surface area contributed by atoms with Crippen LogP contribution in [-0.4, -0.2) is 67.3 Å². The predicted octanol–water partition coefficient (Wildman–Crippen LogP) is 3.96. The number of piperidine rings is 1. The fourth-order valence-electron chi connectivity index (χ4n) is 6.13. The number of Topliss-reactive ketones (excluding diaryl/α,β-unsaturated/α-hetero) is 1. The first-order valence-electron chi connectivity index (χ1n) is 13.8. The van der Waals surface area contributed by atoms with Crippen LogP contribution >= 0.6 is 11.6 Å². The van der Waals surface area contributed by atoms with Crippen molar-refractivity contribution in [2.75, 3.05) is 17.7 Å². The maximum atomic E-state index is 13.8. The Kier molecular flexibility index (Phi) is 7.53. The Bertz CT molecular complexity index is 1770. The van der Waals surface area contributed by atoms with E-state index >= 15 is 0 Å². The van der Waals surface area contributed by atoms with Crippen LogP contribution in [0.3, 0.4) is 0 Å². The zero-order valence-corrected chi connectivity index (χ0v) is 24.2. The average molecular weight is 602 g/mol. The third kappa shape index (κ3) is 5.41. The maximum Gasteiger partial charge on any atom is 0.261 e. The van der Waals surface area contributed by atoms with E-state index in [-0.39, 0.29) is 58.4 Å². The standard InChI is InChI=1S/C30H28ClN7O5/c1-16(39)26-21-14-18(33-28(41)20-5-4-12-32-30(20)43-2)9-11-22(21)37(36-26)15-25(40)38-19-10-8-17(13-19)27(38)29(42)35-24-7-3-6-23(31)34-24/h3-7,9,11-12,14,17,19,27H,8,10,13,15H2,1-2H3,(H,33,41)(H,34,35,42)/t17-,19+,27-/m0/s1. The number of nitrogens with zero attached hydrogens (tertiary/aromatic N) is 5. The molecule has 3 atom stereocenters. The monoisotopic (exact) mass is 601 g/mol. The number of carbonyl (C=O) groups excluding carboxylic acids is 4. The zero-order valence-electron chi connectivity index (χ0n) is 23.4. The molecule has 6 rings (SSSR count). The van der Waals surface area contributed by atoms with Gasteiger partial charge >= 0.3 is 0 Å². The van der Waals surface area contributed by atoms with E-state index in [1.807, 2.05) is 0 Å². The minimum atomic E-state index is -0.646. The topological polar surface area (TPSA) is 148 Å². The molecular formula is C30H28ClN7O5. The van der Waals surface area contributed by atoms with Crippen LogP contribution < -0.4 is 15.4 Å². The first-order valence-corrected chi connectivity index (χ1v) is 14.2. The van der Waals surface area contributed by atoms with Gasteiger partial charge in [0.05, 0.1) is 12.6 Å². The van der Waals surface area contributed by atoms with E-state index in [0.717, 1.165) is 19.3 Å². The van der Waals surface area contributed by atoms with Crippen molar-refractivity contribution in [1.29, 1.82) is 0 Å². The lowest BCUT2D eigenvalue weighted by atomic mass is 9.97. The fraction of sp³-hybridized carbons (Fsp3) is 0.300. The number of anilines is 2. The van der Waals surface area contributed by atoms with Crippen LogP contribution in [-0.2, 0) is 16.1 Å². The Morgan fingerprint density at radius 1 is 1.07 bits per heavy atom. The number of nitrogens with one attached hydrogen (secondary N) is 2. The number of fused-ring (bicyclic) bond motifs is 3. The van der Waals surface area contributed by atoms with Crippen molar-refractivity contribution in [3.05, 3.63) is 71.1 Å². The van der Waals surface area contributed by atoms with Crippen LogP contribution in [0.5, 0.6) is 5.88 Å². The molecule has 0 unspecified atom stereocenters. The predicted molar refractivity (Wildman–Crippen MR) is 158 cm³/mol.